The summed E-state index contributed by atoms with van der Waals surface area (Å²) in [6.07, 6.45) is 2.78. The standard InChI is InChI=1S/C28H27FN2O5S/c1-17-5-4-14-31(37(3,33)34)24-16-25-23(15-22(17)24)26(28(32)30-2)27(36-25)18-6-10-20(11-7-18)35-21-12-8-19(29)9-13-21/h6-13,15-17H,4-5,14H2,1-3H3,(H,30,32). The van der Waals surface area contributed by atoms with Crippen molar-refractivity contribution in [1.29, 1.82) is 0 Å². The van der Waals surface area contributed by atoms with Crippen LogP contribution in [0.25, 0.3) is 22.3 Å². The molecule has 2 heterocycles. The van der Waals surface area contributed by atoms with E-state index >= 15 is 0 Å². The third-order valence-electron chi connectivity index (χ3n) is 6.66. The Labute approximate surface area is 214 Å². The maximum absolute atomic E-state index is 13.2. The minimum atomic E-state index is -3.49. The van der Waals surface area contributed by atoms with Gasteiger partial charge in [-0.2, -0.15) is 0 Å². The van der Waals surface area contributed by atoms with Crippen molar-refractivity contribution in [3.63, 3.8) is 0 Å². The molecule has 192 valence electrons. The fourth-order valence-corrected chi connectivity index (χ4v) is 5.76. The molecule has 0 saturated heterocycles. The summed E-state index contributed by atoms with van der Waals surface area (Å²) in [5.74, 6) is 0.876. The van der Waals surface area contributed by atoms with E-state index in [0.717, 1.165) is 18.4 Å². The van der Waals surface area contributed by atoms with Gasteiger partial charge in [0, 0.05) is 30.6 Å². The highest BCUT2D eigenvalue weighted by Crippen LogP contribution is 2.42. The van der Waals surface area contributed by atoms with Gasteiger partial charge in [-0.25, -0.2) is 12.8 Å². The Morgan fingerprint density at radius 3 is 2.35 bits per heavy atom. The minimum absolute atomic E-state index is 0.116. The van der Waals surface area contributed by atoms with Crippen molar-refractivity contribution in [3.05, 3.63) is 77.6 Å². The first-order chi connectivity index (χ1) is 17.7. The number of furan rings is 1. The highest BCUT2D eigenvalue weighted by molar-refractivity contribution is 7.92. The van der Waals surface area contributed by atoms with E-state index in [2.05, 4.69) is 12.2 Å². The van der Waals surface area contributed by atoms with Crippen LogP contribution < -0.4 is 14.4 Å². The van der Waals surface area contributed by atoms with Gasteiger partial charge in [0.05, 0.1) is 17.5 Å². The van der Waals surface area contributed by atoms with Gasteiger partial charge in [-0.1, -0.05) is 6.92 Å². The molecule has 0 radical (unpaired) electrons. The highest BCUT2D eigenvalue weighted by Gasteiger charge is 2.29. The fourth-order valence-electron chi connectivity index (χ4n) is 4.79. The Hall–Kier alpha value is -3.85. The molecule has 1 unspecified atom stereocenters. The number of hydrogen-bond donors (Lipinski definition) is 1. The predicted molar refractivity (Wildman–Crippen MR) is 141 cm³/mol. The number of hydrogen-bond acceptors (Lipinski definition) is 5. The molecule has 1 aliphatic rings. The molecule has 7 nitrogen and oxygen atoms in total. The largest absolute Gasteiger partial charge is 0.457 e. The van der Waals surface area contributed by atoms with Gasteiger partial charge >= 0.3 is 0 Å². The lowest BCUT2D eigenvalue weighted by atomic mass is 9.93. The number of nitrogens with zero attached hydrogens (tertiary/aromatic N) is 1. The van der Waals surface area contributed by atoms with E-state index in [1.807, 2.05) is 6.07 Å². The number of fused-ring (bicyclic) bond motifs is 2. The maximum atomic E-state index is 13.2. The molecule has 1 N–H and O–H groups in total. The Morgan fingerprint density at radius 1 is 1.08 bits per heavy atom. The smallest absolute Gasteiger partial charge is 0.255 e. The number of rotatable bonds is 5. The average molecular weight is 523 g/mol. The van der Waals surface area contributed by atoms with Gasteiger partial charge in [0.2, 0.25) is 10.0 Å². The molecule has 1 aromatic heterocycles. The molecule has 0 spiro atoms. The summed E-state index contributed by atoms with van der Waals surface area (Å²) in [6, 6.07) is 16.4. The van der Waals surface area contributed by atoms with Crippen LogP contribution in [0.5, 0.6) is 11.5 Å². The van der Waals surface area contributed by atoms with Crippen molar-refractivity contribution in [2.45, 2.75) is 25.7 Å². The molecule has 1 amide bonds. The first-order valence-corrected chi connectivity index (χ1v) is 13.8. The van der Waals surface area contributed by atoms with Crippen LogP contribution >= 0.6 is 0 Å². The lowest BCUT2D eigenvalue weighted by Gasteiger charge is -2.23. The van der Waals surface area contributed by atoms with Crippen LogP contribution in [0.4, 0.5) is 10.1 Å². The maximum Gasteiger partial charge on any atom is 0.255 e. The third kappa shape index (κ3) is 4.79. The van der Waals surface area contributed by atoms with Gasteiger partial charge in [0.15, 0.2) is 0 Å². The van der Waals surface area contributed by atoms with Crippen LogP contribution in [-0.2, 0) is 10.0 Å². The molecule has 3 aromatic carbocycles. The third-order valence-corrected chi connectivity index (χ3v) is 7.84. The number of carbonyl (C=O) groups is 1. The Morgan fingerprint density at radius 2 is 1.73 bits per heavy atom. The molecule has 0 aliphatic carbocycles. The second-order valence-corrected chi connectivity index (χ2v) is 11.2. The summed E-state index contributed by atoms with van der Waals surface area (Å²) < 4.78 is 51.7. The molecule has 37 heavy (non-hydrogen) atoms. The van der Waals surface area contributed by atoms with Gasteiger partial charge < -0.3 is 14.5 Å². The Kier molecular flexibility index (Phi) is 6.41. The lowest BCUT2D eigenvalue weighted by Crippen LogP contribution is -2.30. The second kappa shape index (κ2) is 9.55. The number of halogens is 1. The summed E-state index contributed by atoms with van der Waals surface area (Å²) in [6.45, 7) is 2.46. The molecule has 1 atom stereocenters. The van der Waals surface area contributed by atoms with E-state index in [1.54, 1.807) is 37.4 Å². The number of carbonyl (C=O) groups excluding carboxylic acids is 1. The molecule has 1 aliphatic heterocycles. The summed E-state index contributed by atoms with van der Waals surface area (Å²) in [5.41, 5.74) is 2.93. The van der Waals surface area contributed by atoms with Gasteiger partial charge in [-0.3, -0.25) is 9.10 Å². The summed E-state index contributed by atoms with van der Waals surface area (Å²) in [7, 11) is -1.93. The highest BCUT2D eigenvalue weighted by atomic mass is 32.2. The number of ether oxygens (including phenoxy) is 1. The first kappa shape index (κ1) is 24.8. The number of anilines is 1. The zero-order valence-corrected chi connectivity index (χ0v) is 21.6. The van der Waals surface area contributed by atoms with E-state index in [4.69, 9.17) is 9.15 Å². The predicted octanol–water partition coefficient (Wildman–Crippen LogP) is 6.05. The van der Waals surface area contributed by atoms with E-state index in [0.29, 0.717) is 51.6 Å². The Balaban J connectivity index is 1.61. The van der Waals surface area contributed by atoms with Crippen LogP contribution in [0.15, 0.2) is 65.1 Å². The molecule has 0 saturated carbocycles. The molecule has 0 bridgehead atoms. The summed E-state index contributed by atoms with van der Waals surface area (Å²) >= 11 is 0. The van der Waals surface area contributed by atoms with Crippen LogP contribution in [0, 0.1) is 5.82 Å². The summed E-state index contributed by atoms with van der Waals surface area (Å²) in [5, 5.41) is 3.32. The van der Waals surface area contributed by atoms with Crippen LogP contribution in [-0.4, -0.2) is 34.2 Å². The van der Waals surface area contributed by atoms with E-state index < -0.39 is 10.0 Å². The summed E-state index contributed by atoms with van der Waals surface area (Å²) in [4.78, 5) is 13.0. The monoisotopic (exact) mass is 522 g/mol. The number of amides is 1. The SMILES string of the molecule is CNC(=O)c1c(-c2ccc(Oc3ccc(F)cc3)cc2)oc2cc3c(cc12)C(C)CCCN3S(C)(=O)=O. The van der Waals surface area contributed by atoms with Crippen LogP contribution in [0.1, 0.15) is 41.6 Å². The number of benzene rings is 3. The van der Waals surface area contributed by atoms with E-state index in [-0.39, 0.29) is 17.6 Å². The van der Waals surface area contributed by atoms with E-state index in [1.165, 1.54) is 34.8 Å². The molecule has 9 heteroatoms. The van der Waals surface area contributed by atoms with Gasteiger partial charge in [-0.05, 0) is 78.9 Å². The van der Waals surface area contributed by atoms with Crippen molar-refractivity contribution in [2.75, 3.05) is 24.2 Å². The van der Waals surface area contributed by atoms with Crippen molar-refractivity contribution in [2.24, 2.45) is 0 Å². The zero-order valence-electron chi connectivity index (χ0n) is 20.7. The molecule has 5 rings (SSSR count). The van der Waals surface area contributed by atoms with Crippen LogP contribution in [0.3, 0.4) is 0 Å². The van der Waals surface area contributed by atoms with E-state index in [9.17, 15) is 17.6 Å². The zero-order chi connectivity index (χ0) is 26.3. The van der Waals surface area contributed by atoms with Crippen molar-refractivity contribution in [3.8, 4) is 22.8 Å². The first-order valence-electron chi connectivity index (χ1n) is 12.0. The average Bonchev–Trinajstić information content (AvgIpc) is 3.16. The lowest BCUT2D eigenvalue weighted by molar-refractivity contribution is 0.0964. The molecule has 4 aromatic rings. The molecular formula is C28H27FN2O5S. The van der Waals surface area contributed by atoms with Gasteiger partial charge in [-0.15, -0.1) is 0 Å². The topological polar surface area (TPSA) is 88.8 Å². The quantitative estimate of drug-likeness (QED) is 0.345. The van der Waals surface area contributed by atoms with Gasteiger partial charge in [0.1, 0.15) is 28.7 Å². The van der Waals surface area contributed by atoms with Crippen LogP contribution in [0.2, 0.25) is 0 Å². The normalized spacial score (nSPS) is 15.8. The number of nitrogens with one attached hydrogen (secondary N) is 1. The molecular weight excluding hydrogens is 495 g/mol. The fraction of sp³-hybridized carbons (Fsp3) is 0.250. The second-order valence-electron chi connectivity index (χ2n) is 9.25. The number of sulfonamides is 1. The Bertz CT molecular complexity index is 1580. The van der Waals surface area contributed by atoms with Crippen molar-refractivity contribution >= 4 is 32.6 Å². The van der Waals surface area contributed by atoms with Crippen molar-refractivity contribution in [1.82, 2.24) is 5.32 Å². The van der Waals surface area contributed by atoms with Crippen molar-refractivity contribution < 1.29 is 26.8 Å². The minimum Gasteiger partial charge on any atom is -0.457 e. The molecule has 0 fully saturated rings. The van der Waals surface area contributed by atoms with Gasteiger partial charge in [0.25, 0.3) is 5.91 Å².